The molecule has 0 bridgehead atoms. The summed E-state index contributed by atoms with van der Waals surface area (Å²) in [5, 5.41) is 0. The highest BCUT2D eigenvalue weighted by Crippen LogP contribution is 2.33. The molecule has 1 aliphatic heterocycles. The fourth-order valence-corrected chi connectivity index (χ4v) is 4.76. The molecule has 0 saturated carbocycles. The van der Waals surface area contributed by atoms with E-state index in [0.29, 0.717) is 36.6 Å². The predicted octanol–water partition coefficient (Wildman–Crippen LogP) is 5.32. The lowest BCUT2D eigenvalue weighted by Crippen LogP contribution is -2.31. The molecule has 0 radical (unpaired) electrons. The van der Waals surface area contributed by atoms with Crippen molar-refractivity contribution < 1.29 is 19.0 Å². The third-order valence-electron chi connectivity index (χ3n) is 7.01. The standard InChI is InChI=1S/C31H36N2O5/c1-31(2,3)22-10-7-20(8-11-22)25(26-14-15-27(37-5)30(35)32-26)17-23-12-16-29(34)33(23)19-21-9-13-24(36-4)18-28(21)38-6/h7-11,13-15,17-18,23H,12,16,19H2,1-6H3,(H,32,35)/b25-17-/t23-/m1/s1. The fourth-order valence-electron chi connectivity index (χ4n) is 4.76. The zero-order valence-corrected chi connectivity index (χ0v) is 23.0. The summed E-state index contributed by atoms with van der Waals surface area (Å²) in [6.07, 6.45) is 3.22. The number of aromatic nitrogens is 1. The minimum atomic E-state index is -0.301. The smallest absolute Gasteiger partial charge is 0.290 e. The van der Waals surface area contributed by atoms with Gasteiger partial charge in [0.05, 0.1) is 27.4 Å². The molecule has 38 heavy (non-hydrogen) atoms. The summed E-state index contributed by atoms with van der Waals surface area (Å²) < 4.78 is 16.1. The Morgan fingerprint density at radius 3 is 2.26 bits per heavy atom. The summed E-state index contributed by atoms with van der Waals surface area (Å²) in [5.41, 5.74) is 4.31. The molecule has 1 aromatic heterocycles. The topological polar surface area (TPSA) is 80.9 Å². The highest BCUT2D eigenvalue weighted by atomic mass is 16.5. The van der Waals surface area contributed by atoms with Crippen molar-refractivity contribution in [2.45, 2.75) is 51.6 Å². The lowest BCUT2D eigenvalue weighted by Gasteiger charge is -2.25. The van der Waals surface area contributed by atoms with Crippen molar-refractivity contribution in [2.75, 3.05) is 21.3 Å². The summed E-state index contributed by atoms with van der Waals surface area (Å²) in [7, 11) is 4.70. The predicted molar refractivity (Wildman–Crippen MR) is 149 cm³/mol. The second-order valence-electron chi connectivity index (χ2n) is 10.5. The van der Waals surface area contributed by atoms with Gasteiger partial charge in [0.15, 0.2) is 5.75 Å². The zero-order chi connectivity index (χ0) is 27.4. The van der Waals surface area contributed by atoms with Crippen LogP contribution in [0.25, 0.3) is 5.57 Å². The maximum Gasteiger partial charge on any atom is 0.290 e. The lowest BCUT2D eigenvalue weighted by atomic mass is 9.86. The van der Waals surface area contributed by atoms with E-state index in [0.717, 1.165) is 16.7 Å². The highest BCUT2D eigenvalue weighted by Gasteiger charge is 2.31. The van der Waals surface area contributed by atoms with E-state index in [4.69, 9.17) is 14.2 Å². The van der Waals surface area contributed by atoms with Crippen molar-refractivity contribution in [2.24, 2.45) is 0 Å². The molecule has 7 heteroatoms. The molecule has 1 atom stereocenters. The Bertz CT molecular complexity index is 1380. The number of hydrogen-bond acceptors (Lipinski definition) is 5. The summed E-state index contributed by atoms with van der Waals surface area (Å²) in [4.78, 5) is 30.5. The number of aromatic amines is 1. The van der Waals surface area contributed by atoms with E-state index in [1.54, 1.807) is 20.3 Å². The average molecular weight is 517 g/mol. The molecular weight excluding hydrogens is 480 g/mol. The number of ether oxygens (including phenoxy) is 3. The van der Waals surface area contributed by atoms with Gasteiger partial charge < -0.3 is 24.1 Å². The van der Waals surface area contributed by atoms with Gasteiger partial charge in [-0.15, -0.1) is 0 Å². The Labute approximate surface area is 224 Å². The molecular formula is C31H36N2O5. The van der Waals surface area contributed by atoms with Crippen LogP contribution < -0.4 is 19.8 Å². The number of benzene rings is 2. The zero-order valence-electron chi connectivity index (χ0n) is 23.0. The first kappa shape index (κ1) is 27.0. The summed E-state index contributed by atoms with van der Waals surface area (Å²) in [5.74, 6) is 1.69. The van der Waals surface area contributed by atoms with Crippen LogP contribution in [0.15, 0.2) is 65.5 Å². The van der Waals surface area contributed by atoms with Crippen LogP contribution in [-0.2, 0) is 16.8 Å². The number of rotatable bonds is 8. The van der Waals surface area contributed by atoms with Crippen LogP contribution in [0.5, 0.6) is 17.2 Å². The number of hydrogen-bond donors (Lipinski definition) is 1. The van der Waals surface area contributed by atoms with Gasteiger partial charge in [0.1, 0.15) is 11.5 Å². The van der Waals surface area contributed by atoms with Crippen molar-refractivity contribution in [3.8, 4) is 17.2 Å². The molecule has 0 unspecified atom stereocenters. The van der Waals surface area contributed by atoms with E-state index in [2.05, 4.69) is 56.1 Å². The number of pyridine rings is 1. The third kappa shape index (κ3) is 5.77. The monoisotopic (exact) mass is 516 g/mol. The normalized spacial score (nSPS) is 16.1. The van der Waals surface area contributed by atoms with Crippen LogP contribution in [0.4, 0.5) is 0 Å². The van der Waals surface area contributed by atoms with E-state index < -0.39 is 0 Å². The Kier molecular flexibility index (Phi) is 7.95. The van der Waals surface area contributed by atoms with Gasteiger partial charge in [-0.1, -0.05) is 51.1 Å². The van der Waals surface area contributed by atoms with Gasteiger partial charge in [0, 0.05) is 35.9 Å². The second kappa shape index (κ2) is 11.2. The number of carbonyl (C=O) groups excluding carboxylic acids is 1. The number of amides is 1. The van der Waals surface area contributed by atoms with Gasteiger partial charge >= 0.3 is 0 Å². The minimum Gasteiger partial charge on any atom is -0.497 e. The van der Waals surface area contributed by atoms with E-state index in [1.807, 2.05) is 29.2 Å². The lowest BCUT2D eigenvalue weighted by molar-refractivity contribution is -0.129. The van der Waals surface area contributed by atoms with Crippen LogP contribution in [0.2, 0.25) is 0 Å². The molecule has 200 valence electrons. The molecule has 3 aromatic rings. The maximum atomic E-state index is 13.0. The van der Waals surface area contributed by atoms with Gasteiger partial charge in [-0.05, 0) is 47.2 Å². The van der Waals surface area contributed by atoms with E-state index >= 15 is 0 Å². The molecule has 1 amide bonds. The van der Waals surface area contributed by atoms with E-state index in [9.17, 15) is 9.59 Å². The first-order chi connectivity index (χ1) is 18.1. The SMILES string of the molecule is COc1ccc(CN2C(=O)CC[C@@H]2/C=C(/c2ccc(C(C)(C)C)cc2)c2ccc(OC)c(=O)[nH]2)c(OC)c1. The Balaban J connectivity index is 1.76. The molecule has 2 aromatic carbocycles. The van der Waals surface area contributed by atoms with Crippen molar-refractivity contribution in [1.29, 1.82) is 0 Å². The third-order valence-corrected chi connectivity index (χ3v) is 7.01. The van der Waals surface area contributed by atoms with Crippen LogP contribution in [0.1, 0.15) is 56.0 Å². The van der Waals surface area contributed by atoms with Crippen LogP contribution in [0, 0.1) is 0 Å². The second-order valence-corrected chi connectivity index (χ2v) is 10.5. The van der Waals surface area contributed by atoms with Crippen LogP contribution >= 0.6 is 0 Å². The van der Waals surface area contributed by atoms with Crippen molar-refractivity contribution >= 4 is 11.5 Å². The molecule has 4 rings (SSSR count). The van der Waals surface area contributed by atoms with Crippen molar-refractivity contribution in [3.63, 3.8) is 0 Å². The Hall–Kier alpha value is -4.00. The Morgan fingerprint density at radius 1 is 0.947 bits per heavy atom. The van der Waals surface area contributed by atoms with E-state index in [-0.39, 0.29) is 28.7 Å². The van der Waals surface area contributed by atoms with Crippen LogP contribution in [-0.4, -0.2) is 43.2 Å². The Morgan fingerprint density at radius 2 is 1.66 bits per heavy atom. The maximum absolute atomic E-state index is 13.0. The molecule has 1 N–H and O–H groups in total. The number of H-pyrrole nitrogens is 1. The summed E-state index contributed by atoms with van der Waals surface area (Å²) >= 11 is 0. The van der Waals surface area contributed by atoms with Crippen molar-refractivity contribution in [3.05, 3.63) is 93.4 Å². The van der Waals surface area contributed by atoms with Gasteiger partial charge in [0.2, 0.25) is 5.91 Å². The molecule has 2 heterocycles. The van der Waals surface area contributed by atoms with Gasteiger partial charge in [-0.3, -0.25) is 9.59 Å². The summed E-state index contributed by atoms with van der Waals surface area (Å²) in [6, 6.07) is 17.4. The summed E-state index contributed by atoms with van der Waals surface area (Å²) in [6.45, 7) is 6.93. The van der Waals surface area contributed by atoms with Crippen molar-refractivity contribution in [1.82, 2.24) is 9.88 Å². The van der Waals surface area contributed by atoms with Gasteiger partial charge in [0.25, 0.3) is 5.56 Å². The molecule has 0 aliphatic carbocycles. The highest BCUT2D eigenvalue weighted by molar-refractivity contribution is 5.82. The van der Waals surface area contributed by atoms with Gasteiger partial charge in [-0.25, -0.2) is 0 Å². The number of nitrogens with zero attached hydrogens (tertiary/aromatic N) is 1. The molecule has 0 spiro atoms. The number of methoxy groups -OCH3 is 3. The minimum absolute atomic E-state index is 0.0168. The first-order valence-corrected chi connectivity index (χ1v) is 12.8. The quantitative estimate of drug-likeness (QED) is 0.438. The molecule has 1 aliphatic rings. The van der Waals surface area contributed by atoms with Crippen LogP contribution in [0.3, 0.4) is 0 Å². The number of nitrogens with one attached hydrogen (secondary N) is 1. The molecule has 7 nitrogen and oxygen atoms in total. The fraction of sp³-hybridized carbons (Fsp3) is 0.355. The number of likely N-dealkylation sites (tertiary alicyclic amines) is 1. The molecule has 1 saturated heterocycles. The van der Waals surface area contributed by atoms with E-state index in [1.165, 1.54) is 12.7 Å². The van der Waals surface area contributed by atoms with Gasteiger partial charge in [-0.2, -0.15) is 0 Å². The average Bonchev–Trinajstić information content (AvgIpc) is 3.25. The largest absolute Gasteiger partial charge is 0.497 e. The first-order valence-electron chi connectivity index (χ1n) is 12.8. The number of carbonyl (C=O) groups is 1. The molecule has 1 fully saturated rings.